The summed E-state index contributed by atoms with van der Waals surface area (Å²) in [5.41, 5.74) is 10.5. The highest BCUT2D eigenvalue weighted by Gasteiger charge is 2.41. The van der Waals surface area contributed by atoms with Gasteiger partial charge in [-0.15, -0.1) is 0 Å². The van der Waals surface area contributed by atoms with Crippen molar-refractivity contribution in [3.8, 4) is 17.1 Å². The Morgan fingerprint density at radius 2 is 0.625 bits per heavy atom. The second-order valence-corrected chi connectivity index (χ2v) is 20.6. The van der Waals surface area contributed by atoms with Crippen molar-refractivity contribution in [3.63, 3.8) is 0 Å². The minimum absolute atomic E-state index is 1.14. The number of rotatable bonds is 7. The molecule has 10 aromatic carbocycles. The minimum atomic E-state index is -2.81. The van der Waals surface area contributed by atoms with Gasteiger partial charge in [0.1, 0.15) is 0 Å². The normalized spacial score (nSPS) is 12.1. The molecule has 0 saturated heterocycles. The van der Waals surface area contributed by atoms with Crippen LogP contribution in [0.4, 0.5) is 0 Å². The van der Waals surface area contributed by atoms with Gasteiger partial charge in [-0.05, 0) is 75.3 Å². The monoisotopic (exact) mass is 831 g/mol. The molecule has 0 unspecified atom stereocenters. The summed E-state index contributed by atoms with van der Waals surface area (Å²) < 4.78 is 7.55. The molecule has 0 fully saturated rings. The summed E-state index contributed by atoms with van der Waals surface area (Å²) in [6.45, 7) is 0. The molecule has 0 radical (unpaired) electrons. The van der Waals surface area contributed by atoms with E-state index in [2.05, 4.69) is 262 Å². The number of para-hydroxylation sites is 5. The molecule has 0 bridgehead atoms. The molecule has 0 spiro atoms. The van der Waals surface area contributed by atoms with Gasteiger partial charge in [-0.1, -0.05) is 194 Å². The Labute approximate surface area is 372 Å². The van der Waals surface area contributed by atoms with Crippen molar-refractivity contribution in [3.05, 3.63) is 249 Å². The molecule has 0 saturated carbocycles. The van der Waals surface area contributed by atoms with Crippen molar-refractivity contribution in [2.75, 3.05) is 0 Å². The molecule has 3 nitrogen and oxygen atoms in total. The van der Waals surface area contributed by atoms with Gasteiger partial charge < -0.3 is 13.7 Å². The topological polar surface area (TPSA) is 14.8 Å². The third-order valence-electron chi connectivity index (χ3n) is 13.6. The lowest BCUT2D eigenvalue weighted by Gasteiger charge is -2.34. The predicted octanol–water partition coefficient (Wildman–Crippen LogP) is 12.4. The fourth-order valence-corrected chi connectivity index (χ4v) is 15.8. The quantitative estimate of drug-likeness (QED) is 0.112. The Kier molecular flexibility index (Phi) is 8.23. The van der Waals surface area contributed by atoms with Gasteiger partial charge in [0.25, 0.3) is 0 Å². The highest BCUT2D eigenvalue weighted by molar-refractivity contribution is 7.19. The number of aromatic nitrogens is 3. The van der Waals surface area contributed by atoms with E-state index in [0.29, 0.717) is 0 Å². The van der Waals surface area contributed by atoms with Gasteiger partial charge in [0, 0.05) is 38.0 Å². The van der Waals surface area contributed by atoms with Crippen LogP contribution in [0.3, 0.4) is 0 Å². The van der Waals surface area contributed by atoms with Crippen LogP contribution >= 0.6 is 0 Å². The Balaban J connectivity index is 1.18. The zero-order chi connectivity index (χ0) is 42.2. The van der Waals surface area contributed by atoms with Crippen LogP contribution in [-0.2, 0) is 0 Å². The van der Waals surface area contributed by atoms with E-state index in [9.17, 15) is 0 Å². The van der Waals surface area contributed by atoms with Gasteiger partial charge in [0.05, 0.1) is 44.5 Å². The molecule has 0 amide bonds. The van der Waals surface area contributed by atoms with Gasteiger partial charge in [-0.25, -0.2) is 0 Å². The van der Waals surface area contributed by atoms with Crippen LogP contribution in [-0.4, -0.2) is 21.8 Å². The molecule has 4 heteroatoms. The van der Waals surface area contributed by atoms with Crippen LogP contribution in [0.5, 0.6) is 0 Å². The summed E-state index contributed by atoms with van der Waals surface area (Å²) in [4.78, 5) is 0. The number of nitrogens with zero attached hydrogens (tertiary/aromatic N) is 3. The lowest BCUT2D eigenvalue weighted by atomic mass is 10.1. The van der Waals surface area contributed by atoms with E-state index in [0.717, 1.165) is 22.6 Å². The van der Waals surface area contributed by atoms with E-state index in [-0.39, 0.29) is 0 Å². The average Bonchev–Trinajstić information content (AvgIpc) is 4.01. The summed E-state index contributed by atoms with van der Waals surface area (Å²) in [5, 5.41) is 12.8. The Bertz CT molecular complexity index is 3690. The first-order valence-corrected chi connectivity index (χ1v) is 24.1. The molecule has 64 heavy (non-hydrogen) atoms. The number of hydrogen-bond acceptors (Lipinski definition) is 0. The molecular weight excluding hydrogens is 791 g/mol. The fraction of sp³-hybridized carbons (Fsp3) is 0. The number of hydrogen-bond donors (Lipinski definition) is 0. The van der Waals surface area contributed by atoms with E-state index in [4.69, 9.17) is 0 Å². The van der Waals surface area contributed by atoms with Crippen molar-refractivity contribution in [2.45, 2.75) is 0 Å². The van der Waals surface area contributed by atoms with Crippen molar-refractivity contribution in [1.29, 1.82) is 0 Å². The van der Waals surface area contributed by atoms with E-state index < -0.39 is 8.07 Å². The third kappa shape index (κ3) is 5.21. The van der Waals surface area contributed by atoms with Gasteiger partial charge in [-0.2, -0.15) is 0 Å². The third-order valence-corrected chi connectivity index (χ3v) is 18.3. The van der Waals surface area contributed by atoms with Gasteiger partial charge in [0.15, 0.2) is 8.07 Å². The lowest BCUT2D eigenvalue weighted by molar-refractivity contribution is 1.10. The van der Waals surface area contributed by atoms with Crippen LogP contribution in [0.25, 0.3) is 82.5 Å². The first-order valence-electron chi connectivity index (χ1n) is 22.1. The summed E-state index contributed by atoms with van der Waals surface area (Å²) >= 11 is 0. The molecule has 3 heterocycles. The van der Waals surface area contributed by atoms with Crippen molar-refractivity contribution in [2.24, 2.45) is 0 Å². The molecule has 0 N–H and O–H groups in total. The van der Waals surface area contributed by atoms with Gasteiger partial charge in [-0.3, -0.25) is 0 Å². The SMILES string of the molecule is c1ccc([Si](c2ccccc2)(c2ccccc2)c2cccc(-n3c4ccccc4c4c(-n5c6ccccc6c6ccccc65)c(-n5c6ccccc6c6ccccc65)ccc43)c2)cc1. The Morgan fingerprint density at radius 3 is 1.09 bits per heavy atom. The minimum Gasteiger partial charge on any atom is -0.309 e. The maximum atomic E-state index is 2.54. The van der Waals surface area contributed by atoms with Gasteiger partial charge >= 0.3 is 0 Å². The highest BCUT2D eigenvalue weighted by atomic mass is 28.3. The van der Waals surface area contributed by atoms with Crippen molar-refractivity contribution in [1.82, 2.24) is 13.7 Å². The molecule has 13 aromatic rings. The van der Waals surface area contributed by atoms with Crippen LogP contribution < -0.4 is 20.7 Å². The van der Waals surface area contributed by atoms with Crippen LogP contribution in [0.2, 0.25) is 0 Å². The maximum Gasteiger partial charge on any atom is 0.179 e. The lowest BCUT2D eigenvalue weighted by Crippen LogP contribution is -2.74. The highest BCUT2D eigenvalue weighted by Crippen LogP contribution is 2.44. The number of benzene rings is 10. The molecule has 13 rings (SSSR count). The van der Waals surface area contributed by atoms with E-state index in [1.807, 2.05) is 0 Å². The average molecular weight is 832 g/mol. The maximum absolute atomic E-state index is 2.81. The summed E-state index contributed by atoms with van der Waals surface area (Å²) in [5.74, 6) is 0. The predicted molar refractivity (Wildman–Crippen MR) is 273 cm³/mol. The first kappa shape index (κ1) is 36.5. The number of fused-ring (bicyclic) bond motifs is 9. The Morgan fingerprint density at radius 1 is 0.250 bits per heavy atom. The smallest absolute Gasteiger partial charge is 0.179 e. The summed E-state index contributed by atoms with van der Waals surface area (Å²) in [6.07, 6.45) is 0. The van der Waals surface area contributed by atoms with Gasteiger partial charge in [0.2, 0.25) is 0 Å². The van der Waals surface area contributed by atoms with Crippen LogP contribution in [0, 0.1) is 0 Å². The molecule has 300 valence electrons. The fourth-order valence-electron chi connectivity index (χ4n) is 11.0. The molecular formula is C60H41N3Si. The molecule has 0 aliphatic heterocycles. The van der Waals surface area contributed by atoms with Crippen molar-refractivity contribution < 1.29 is 0 Å². The second-order valence-electron chi connectivity index (χ2n) is 16.8. The molecule has 0 atom stereocenters. The molecule has 3 aromatic heterocycles. The zero-order valence-corrected chi connectivity index (χ0v) is 36.0. The summed E-state index contributed by atoms with van der Waals surface area (Å²) in [7, 11) is -2.81. The van der Waals surface area contributed by atoms with E-state index in [1.54, 1.807) is 0 Å². The first-order chi connectivity index (χ1) is 31.8. The standard InChI is InChI=1S/C60H41N3Si/c1-4-22-43(23-5-1)64(44-24-6-2-7-25-44,45-26-8-3-9-27-45)46-28-20-21-42(41-46)61-56-38-19-14-33-51(56)59-57(61)39-40-58(62-52-34-15-10-29-47(52)48-30-11-16-35-53(48)62)60(59)63-54-36-17-12-31-49(54)50-32-13-18-37-55(50)63/h1-41H. The molecule has 0 aliphatic carbocycles. The van der Waals surface area contributed by atoms with E-state index in [1.165, 1.54) is 80.6 Å². The molecule has 0 aliphatic rings. The van der Waals surface area contributed by atoms with Crippen molar-refractivity contribution >= 4 is 94.2 Å². The zero-order valence-electron chi connectivity index (χ0n) is 35.0. The second kappa shape index (κ2) is 14.5. The largest absolute Gasteiger partial charge is 0.309 e. The van der Waals surface area contributed by atoms with E-state index >= 15 is 0 Å². The van der Waals surface area contributed by atoms with Crippen LogP contribution in [0.15, 0.2) is 249 Å². The Hall–Kier alpha value is -8.18. The summed E-state index contributed by atoms with van der Waals surface area (Å²) in [6, 6.07) is 92.3. The van der Waals surface area contributed by atoms with Crippen LogP contribution in [0.1, 0.15) is 0 Å².